The van der Waals surface area contributed by atoms with Crippen LogP contribution in [0.3, 0.4) is 0 Å². The van der Waals surface area contributed by atoms with Crippen LogP contribution in [-0.4, -0.2) is 97.4 Å². The number of likely N-dealkylation sites (N-methyl/N-ethyl adjacent to an activating group) is 2. The predicted molar refractivity (Wildman–Crippen MR) is 143 cm³/mol. The van der Waals surface area contributed by atoms with Gasteiger partial charge in [-0.15, -0.1) is 0 Å². The summed E-state index contributed by atoms with van der Waals surface area (Å²) in [6, 6.07) is 8.31. The van der Waals surface area contributed by atoms with Gasteiger partial charge in [-0.2, -0.15) is 26.3 Å². The van der Waals surface area contributed by atoms with Gasteiger partial charge >= 0.3 is 18.4 Å². The maximum Gasteiger partial charge on any atom is 0.419 e. The molecule has 1 saturated heterocycles. The van der Waals surface area contributed by atoms with E-state index >= 15 is 0 Å². The van der Waals surface area contributed by atoms with E-state index in [1.807, 2.05) is 0 Å². The highest BCUT2D eigenvalue weighted by atomic mass is 19.4. The Morgan fingerprint density at radius 2 is 1.43 bits per heavy atom. The summed E-state index contributed by atoms with van der Waals surface area (Å²) in [5.74, 6) is -1.27. The van der Waals surface area contributed by atoms with Crippen molar-refractivity contribution in [3.63, 3.8) is 0 Å². The first kappa shape index (κ1) is 32.9. The van der Waals surface area contributed by atoms with E-state index in [1.165, 1.54) is 14.7 Å². The van der Waals surface area contributed by atoms with Crippen LogP contribution in [0.4, 0.5) is 31.1 Å². The van der Waals surface area contributed by atoms with Crippen LogP contribution in [0.5, 0.6) is 0 Å². The molecule has 1 fully saturated rings. The van der Waals surface area contributed by atoms with Gasteiger partial charge < -0.3 is 9.80 Å². The average molecular weight is 602 g/mol. The van der Waals surface area contributed by atoms with Crippen LogP contribution < -0.4 is 0 Å². The second kappa shape index (κ2) is 12.3. The third-order valence-electron chi connectivity index (χ3n) is 7.69. The highest BCUT2D eigenvalue weighted by Crippen LogP contribution is 2.37. The number of rotatable bonds is 6. The van der Waals surface area contributed by atoms with Gasteiger partial charge in [0.05, 0.1) is 18.2 Å². The molecule has 0 radical (unpaired) electrons. The molecule has 42 heavy (non-hydrogen) atoms. The smallest absolute Gasteiger partial charge is 0.344 e. The molecule has 0 aromatic heterocycles. The molecule has 0 spiro atoms. The van der Waals surface area contributed by atoms with Crippen molar-refractivity contribution in [3.05, 3.63) is 70.8 Å². The number of hydrogen-bond donors (Lipinski definition) is 0. The Hall–Kier alpha value is -3.61. The van der Waals surface area contributed by atoms with Gasteiger partial charge in [0.1, 0.15) is 6.04 Å². The number of piperidine rings is 1. The summed E-state index contributed by atoms with van der Waals surface area (Å²) < 4.78 is 80.9. The van der Waals surface area contributed by atoms with Crippen molar-refractivity contribution in [2.75, 3.05) is 48.3 Å². The Labute approximate surface area is 240 Å². The fourth-order valence-electron chi connectivity index (χ4n) is 5.37. The topological polar surface area (TPSA) is 60.9 Å². The molecule has 2 aromatic rings. The van der Waals surface area contributed by atoms with Crippen LogP contribution in [0.25, 0.3) is 0 Å². The fraction of sp³-hybridized carbons (Fsp3) is 0.483. The molecule has 1 aliphatic rings. The zero-order chi connectivity index (χ0) is 31.6. The summed E-state index contributed by atoms with van der Waals surface area (Å²) >= 11 is 0. The van der Waals surface area contributed by atoms with E-state index in [0.717, 1.165) is 5.56 Å². The van der Waals surface area contributed by atoms with Crippen LogP contribution >= 0.6 is 0 Å². The molecular formula is C29H35F6N4O3+. The zero-order valence-corrected chi connectivity index (χ0v) is 24.1. The maximum atomic E-state index is 13.7. The number of likely N-dealkylation sites (tertiary alicyclic amines) is 1. The lowest BCUT2D eigenvalue weighted by Gasteiger charge is -2.47. The summed E-state index contributed by atoms with van der Waals surface area (Å²) in [7, 11) is 7.89. The van der Waals surface area contributed by atoms with E-state index in [1.54, 1.807) is 65.6 Å². The lowest BCUT2D eigenvalue weighted by molar-refractivity contribution is -0.854. The highest BCUT2D eigenvalue weighted by Gasteiger charge is 2.48. The minimum Gasteiger partial charge on any atom is -0.344 e. The number of alkyl halides is 6. The van der Waals surface area contributed by atoms with E-state index < -0.39 is 47.0 Å². The Morgan fingerprint density at radius 3 is 1.90 bits per heavy atom. The van der Waals surface area contributed by atoms with Crippen molar-refractivity contribution in [3.8, 4) is 0 Å². The number of carbonyl (C=O) groups excluding carboxylic acids is 3. The molecule has 1 heterocycles. The van der Waals surface area contributed by atoms with Crippen LogP contribution in [0.1, 0.15) is 39.9 Å². The summed E-state index contributed by atoms with van der Waals surface area (Å²) in [6.45, 7) is -0.202. The molecule has 3 atom stereocenters. The summed E-state index contributed by atoms with van der Waals surface area (Å²) in [4.78, 5) is 43.9. The molecule has 3 rings (SSSR count). The van der Waals surface area contributed by atoms with E-state index in [-0.39, 0.29) is 54.8 Å². The molecule has 0 bridgehead atoms. The summed E-state index contributed by atoms with van der Waals surface area (Å²) in [5, 5.41) is 0. The van der Waals surface area contributed by atoms with Gasteiger partial charge in [0.25, 0.3) is 11.8 Å². The monoisotopic (exact) mass is 601 g/mol. The number of benzene rings is 2. The first-order valence-corrected chi connectivity index (χ1v) is 13.3. The third-order valence-corrected chi connectivity index (χ3v) is 7.69. The van der Waals surface area contributed by atoms with Gasteiger partial charge in [-0.1, -0.05) is 30.3 Å². The maximum absolute atomic E-state index is 13.7. The molecule has 230 valence electrons. The van der Waals surface area contributed by atoms with Crippen molar-refractivity contribution in [1.29, 1.82) is 0 Å². The van der Waals surface area contributed by atoms with Gasteiger partial charge in [-0.3, -0.25) is 14.5 Å². The molecule has 2 aromatic carbocycles. The minimum absolute atomic E-state index is 0.0119. The van der Waals surface area contributed by atoms with E-state index in [4.69, 9.17) is 0 Å². The fourth-order valence-corrected chi connectivity index (χ4v) is 5.37. The van der Waals surface area contributed by atoms with Crippen LogP contribution in [0, 0.1) is 0 Å². The number of quaternary nitrogens is 1. The SMILES string of the molecule is CN(C)C(=O)C[N+](C)(C(=O)N(C)C)[C@H]1CCN(C(=O)c2cc(C(F)(F)F)cc(C(F)(F)F)c2)[C@H](Cc2ccccc2)C1. The molecule has 7 nitrogen and oxygen atoms in total. The van der Waals surface area contributed by atoms with Gasteiger partial charge in [0, 0.05) is 59.2 Å². The molecular weight excluding hydrogens is 566 g/mol. The lowest BCUT2D eigenvalue weighted by atomic mass is 9.89. The van der Waals surface area contributed by atoms with Gasteiger partial charge in [0.15, 0.2) is 6.54 Å². The van der Waals surface area contributed by atoms with Crippen molar-refractivity contribution in [1.82, 2.24) is 14.7 Å². The molecule has 1 unspecified atom stereocenters. The van der Waals surface area contributed by atoms with Crippen molar-refractivity contribution in [2.45, 2.75) is 43.7 Å². The number of halogens is 6. The average Bonchev–Trinajstić information content (AvgIpc) is 2.91. The number of urea groups is 1. The molecule has 13 heteroatoms. The number of carbonyl (C=O) groups is 3. The number of nitrogens with zero attached hydrogens (tertiary/aromatic N) is 4. The second-order valence-electron chi connectivity index (χ2n) is 11.2. The van der Waals surface area contributed by atoms with Gasteiger partial charge in [-0.25, -0.2) is 9.28 Å². The van der Waals surface area contributed by atoms with Crippen molar-refractivity contribution < 1.29 is 45.2 Å². The Balaban J connectivity index is 2.06. The summed E-state index contributed by atoms with van der Waals surface area (Å²) in [6.07, 6.45) is -9.58. The molecule has 1 aliphatic heterocycles. The quantitative estimate of drug-likeness (QED) is 0.340. The first-order chi connectivity index (χ1) is 19.3. The summed E-state index contributed by atoms with van der Waals surface area (Å²) in [5.41, 5.74) is -3.08. The Kier molecular flexibility index (Phi) is 9.65. The second-order valence-corrected chi connectivity index (χ2v) is 11.2. The standard InChI is InChI=1S/C29H35F6N4O3/c1-36(2)25(40)18-39(5,27(42)37(3)4)24-11-12-38(23(17-24)13-19-9-7-6-8-10-19)26(41)20-14-21(28(30,31)32)16-22(15-20)29(33,34)35/h6-10,14-16,23-24H,11-13,17-18H2,1-5H3/q+1/t23-,24+,39?/m1/s1. The van der Waals surface area contributed by atoms with E-state index in [9.17, 15) is 40.7 Å². The van der Waals surface area contributed by atoms with Crippen molar-refractivity contribution >= 4 is 17.8 Å². The highest BCUT2D eigenvalue weighted by molar-refractivity contribution is 5.95. The third kappa shape index (κ3) is 7.42. The molecule has 0 saturated carbocycles. The molecule has 4 amide bonds. The molecule has 0 aliphatic carbocycles. The largest absolute Gasteiger partial charge is 0.419 e. The first-order valence-electron chi connectivity index (χ1n) is 13.3. The Morgan fingerprint density at radius 1 is 0.881 bits per heavy atom. The molecule has 0 N–H and O–H groups in total. The van der Waals surface area contributed by atoms with Crippen LogP contribution in [0.15, 0.2) is 48.5 Å². The lowest BCUT2D eigenvalue weighted by Crippen LogP contribution is -2.66. The predicted octanol–water partition coefficient (Wildman–Crippen LogP) is 5.16. The number of amides is 4. The van der Waals surface area contributed by atoms with Crippen LogP contribution in [-0.2, 0) is 23.6 Å². The number of hydrogen-bond acceptors (Lipinski definition) is 3. The van der Waals surface area contributed by atoms with Crippen LogP contribution in [0.2, 0.25) is 0 Å². The minimum atomic E-state index is -5.10. The van der Waals surface area contributed by atoms with Gasteiger partial charge in [0.2, 0.25) is 0 Å². The van der Waals surface area contributed by atoms with E-state index in [2.05, 4.69) is 0 Å². The van der Waals surface area contributed by atoms with E-state index in [0.29, 0.717) is 12.1 Å². The van der Waals surface area contributed by atoms with Gasteiger partial charge in [-0.05, 0) is 30.2 Å². The van der Waals surface area contributed by atoms with Crippen molar-refractivity contribution in [2.24, 2.45) is 0 Å². The zero-order valence-electron chi connectivity index (χ0n) is 24.1. The Bertz CT molecular complexity index is 1260. The normalized spacial score (nSPS) is 19.2.